The summed E-state index contributed by atoms with van der Waals surface area (Å²) in [5.41, 5.74) is 4.79. The van der Waals surface area contributed by atoms with Gasteiger partial charge in [-0.3, -0.25) is 9.67 Å². The standard InChI is InChI=1S/C18H27N5O/c1-13-17(14(2)23(4)22-13)10-11-20-18(19-3)21-12-15-6-8-16(24-5)9-7-15/h6-9H,10-12H2,1-5H3,(H2,19,20,21). The van der Waals surface area contributed by atoms with Crippen LogP contribution in [-0.4, -0.2) is 36.4 Å². The number of benzene rings is 1. The summed E-state index contributed by atoms with van der Waals surface area (Å²) in [5, 5.41) is 11.1. The Hall–Kier alpha value is -2.50. The number of ether oxygens (including phenoxy) is 1. The van der Waals surface area contributed by atoms with Crippen LogP contribution in [-0.2, 0) is 20.0 Å². The maximum atomic E-state index is 5.17. The van der Waals surface area contributed by atoms with Crippen LogP contribution in [0.2, 0.25) is 0 Å². The molecule has 0 bridgehead atoms. The van der Waals surface area contributed by atoms with Gasteiger partial charge >= 0.3 is 0 Å². The van der Waals surface area contributed by atoms with E-state index in [9.17, 15) is 0 Å². The first-order chi connectivity index (χ1) is 11.5. The Kier molecular flexibility index (Phi) is 6.23. The van der Waals surface area contributed by atoms with Crippen LogP contribution >= 0.6 is 0 Å². The van der Waals surface area contributed by atoms with Gasteiger partial charge in [-0.1, -0.05) is 12.1 Å². The monoisotopic (exact) mass is 329 g/mol. The van der Waals surface area contributed by atoms with Crippen molar-refractivity contribution in [2.24, 2.45) is 12.0 Å². The first-order valence-electron chi connectivity index (χ1n) is 8.11. The minimum absolute atomic E-state index is 0.717. The number of nitrogens with zero attached hydrogens (tertiary/aromatic N) is 3. The number of nitrogens with one attached hydrogen (secondary N) is 2. The summed E-state index contributed by atoms with van der Waals surface area (Å²) in [6.45, 7) is 5.69. The second kappa shape index (κ2) is 8.38. The Labute approximate surface area is 143 Å². The Morgan fingerprint density at radius 3 is 2.46 bits per heavy atom. The lowest BCUT2D eigenvalue weighted by atomic mass is 10.1. The van der Waals surface area contributed by atoms with Crippen LogP contribution in [0.3, 0.4) is 0 Å². The summed E-state index contributed by atoms with van der Waals surface area (Å²) in [4.78, 5) is 4.27. The van der Waals surface area contributed by atoms with E-state index < -0.39 is 0 Å². The predicted molar refractivity (Wildman–Crippen MR) is 97.6 cm³/mol. The lowest BCUT2D eigenvalue weighted by Gasteiger charge is -2.12. The van der Waals surface area contributed by atoms with Gasteiger partial charge in [0.15, 0.2) is 5.96 Å². The van der Waals surface area contributed by atoms with E-state index in [1.165, 1.54) is 16.8 Å². The van der Waals surface area contributed by atoms with Crippen molar-refractivity contribution in [1.29, 1.82) is 0 Å². The quantitative estimate of drug-likeness (QED) is 0.628. The SMILES string of the molecule is CN=C(NCCc1c(C)nn(C)c1C)NCc1ccc(OC)cc1. The molecule has 0 amide bonds. The van der Waals surface area contributed by atoms with E-state index >= 15 is 0 Å². The highest BCUT2D eigenvalue weighted by molar-refractivity contribution is 5.79. The van der Waals surface area contributed by atoms with Gasteiger partial charge in [-0.05, 0) is 43.5 Å². The second-order valence-corrected chi connectivity index (χ2v) is 5.72. The molecule has 0 atom stereocenters. The van der Waals surface area contributed by atoms with Crippen molar-refractivity contribution in [2.45, 2.75) is 26.8 Å². The van der Waals surface area contributed by atoms with Gasteiger partial charge in [0.2, 0.25) is 0 Å². The average molecular weight is 329 g/mol. The van der Waals surface area contributed by atoms with Gasteiger partial charge in [0.25, 0.3) is 0 Å². The largest absolute Gasteiger partial charge is 0.497 e. The van der Waals surface area contributed by atoms with E-state index in [-0.39, 0.29) is 0 Å². The van der Waals surface area contributed by atoms with Crippen molar-refractivity contribution < 1.29 is 4.74 Å². The first kappa shape index (κ1) is 17.8. The summed E-state index contributed by atoms with van der Waals surface area (Å²) in [5.74, 6) is 1.66. The van der Waals surface area contributed by atoms with Gasteiger partial charge in [-0.25, -0.2) is 0 Å². The molecule has 6 heteroatoms. The summed E-state index contributed by atoms with van der Waals surface area (Å²) in [6.07, 6.45) is 0.925. The fourth-order valence-corrected chi connectivity index (χ4v) is 2.63. The van der Waals surface area contributed by atoms with E-state index in [0.29, 0.717) is 6.54 Å². The molecule has 0 unspecified atom stereocenters. The van der Waals surface area contributed by atoms with E-state index in [4.69, 9.17) is 4.74 Å². The number of aromatic nitrogens is 2. The van der Waals surface area contributed by atoms with Gasteiger partial charge in [0.05, 0.1) is 12.8 Å². The van der Waals surface area contributed by atoms with Crippen molar-refractivity contribution in [3.63, 3.8) is 0 Å². The number of aryl methyl sites for hydroxylation is 2. The summed E-state index contributed by atoms with van der Waals surface area (Å²) in [7, 11) is 5.43. The molecule has 2 aromatic rings. The van der Waals surface area contributed by atoms with Gasteiger partial charge in [-0.2, -0.15) is 5.10 Å². The molecule has 0 saturated heterocycles. The molecule has 0 spiro atoms. The lowest BCUT2D eigenvalue weighted by Crippen LogP contribution is -2.37. The van der Waals surface area contributed by atoms with Crippen LogP contribution in [0, 0.1) is 13.8 Å². The molecule has 24 heavy (non-hydrogen) atoms. The van der Waals surface area contributed by atoms with Gasteiger partial charge in [-0.15, -0.1) is 0 Å². The molecule has 2 N–H and O–H groups in total. The molecule has 2 rings (SSSR count). The van der Waals surface area contributed by atoms with Crippen LogP contribution in [0.4, 0.5) is 0 Å². The van der Waals surface area contributed by atoms with E-state index in [1.54, 1.807) is 14.2 Å². The maximum absolute atomic E-state index is 5.17. The molecular weight excluding hydrogens is 302 g/mol. The normalized spacial score (nSPS) is 11.5. The summed E-state index contributed by atoms with van der Waals surface area (Å²) < 4.78 is 7.10. The lowest BCUT2D eigenvalue weighted by molar-refractivity contribution is 0.414. The number of guanidine groups is 1. The van der Waals surface area contributed by atoms with Gasteiger partial charge in [0, 0.05) is 32.9 Å². The van der Waals surface area contributed by atoms with Crippen LogP contribution in [0.5, 0.6) is 5.75 Å². The minimum atomic E-state index is 0.717. The molecule has 1 heterocycles. The summed E-state index contributed by atoms with van der Waals surface area (Å²) >= 11 is 0. The number of hydrogen-bond acceptors (Lipinski definition) is 3. The van der Waals surface area contributed by atoms with Gasteiger partial charge < -0.3 is 15.4 Å². The van der Waals surface area contributed by atoms with Crippen LogP contribution < -0.4 is 15.4 Å². The highest BCUT2D eigenvalue weighted by atomic mass is 16.5. The fraction of sp³-hybridized carbons (Fsp3) is 0.444. The zero-order chi connectivity index (χ0) is 17.5. The zero-order valence-electron chi connectivity index (χ0n) is 15.2. The number of hydrogen-bond donors (Lipinski definition) is 2. The van der Waals surface area contributed by atoms with Crippen molar-refractivity contribution in [3.8, 4) is 5.75 Å². The van der Waals surface area contributed by atoms with Crippen molar-refractivity contribution >= 4 is 5.96 Å². The average Bonchev–Trinajstić information content (AvgIpc) is 2.84. The zero-order valence-corrected chi connectivity index (χ0v) is 15.2. The minimum Gasteiger partial charge on any atom is -0.497 e. The Morgan fingerprint density at radius 2 is 1.92 bits per heavy atom. The Bertz CT molecular complexity index is 688. The highest BCUT2D eigenvalue weighted by Crippen LogP contribution is 2.12. The molecule has 1 aromatic heterocycles. The second-order valence-electron chi connectivity index (χ2n) is 5.72. The number of aliphatic imine (C=N–C) groups is 1. The fourth-order valence-electron chi connectivity index (χ4n) is 2.63. The molecule has 0 fully saturated rings. The van der Waals surface area contributed by atoms with E-state index in [2.05, 4.69) is 34.6 Å². The maximum Gasteiger partial charge on any atom is 0.191 e. The first-order valence-corrected chi connectivity index (χ1v) is 8.11. The van der Waals surface area contributed by atoms with E-state index in [1.807, 2.05) is 36.0 Å². The van der Waals surface area contributed by atoms with E-state index in [0.717, 1.165) is 30.4 Å². The Morgan fingerprint density at radius 1 is 1.21 bits per heavy atom. The molecule has 1 aromatic carbocycles. The molecule has 0 aliphatic carbocycles. The topological polar surface area (TPSA) is 63.5 Å². The highest BCUT2D eigenvalue weighted by Gasteiger charge is 2.09. The Balaban J connectivity index is 1.82. The number of methoxy groups -OCH3 is 1. The molecule has 0 aliphatic heterocycles. The molecule has 0 saturated carbocycles. The third kappa shape index (κ3) is 4.50. The number of rotatable bonds is 6. The molecule has 0 radical (unpaired) electrons. The predicted octanol–water partition coefficient (Wildman–Crippen LogP) is 1.95. The molecule has 6 nitrogen and oxygen atoms in total. The van der Waals surface area contributed by atoms with Crippen molar-refractivity contribution in [1.82, 2.24) is 20.4 Å². The molecule has 0 aliphatic rings. The molecule has 130 valence electrons. The summed E-state index contributed by atoms with van der Waals surface area (Å²) in [6, 6.07) is 8.01. The van der Waals surface area contributed by atoms with Crippen LogP contribution in [0.1, 0.15) is 22.5 Å². The van der Waals surface area contributed by atoms with Crippen molar-refractivity contribution in [2.75, 3.05) is 20.7 Å². The van der Waals surface area contributed by atoms with Crippen LogP contribution in [0.25, 0.3) is 0 Å². The molecular formula is C18H27N5O. The van der Waals surface area contributed by atoms with Crippen LogP contribution in [0.15, 0.2) is 29.3 Å². The third-order valence-corrected chi connectivity index (χ3v) is 4.17. The third-order valence-electron chi connectivity index (χ3n) is 4.17. The smallest absolute Gasteiger partial charge is 0.191 e. The van der Waals surface area contributed by atoms with Crippen molar-refractivity contribution in [3.05, 3.63) is 46.8 Å². The van der Waals surface area contributed by atoms with Gasteiger partial charge in [0.1, 0.15) is 5.75 Å².